The summed E-state index contributed by atoms with van der Waals surface area (Å²) in [4.78, 5) is 4.15. The van der Waals surface area contributed by atoms with Crippen molar-refractivity contribution in [1.82, 2.24) is 4.98 Å². The Hall–Kier alpha value is 0.300. The van der Waals surface area contributed by atoms with Gasteiger partial charge in [-0.15, -0.1) is 23.2 Å². The van der Waals surface area contributed by atoms with E-state index in [4.69, 9.17) is 34.8 Å². The molecule has 1 rings (SSSR count). The van der Waals surface area contributed by atoms with Crippen LogP contribution in [0.5, 0.6) is 0 Å². The highest BCUT2D eigenvalue weighted by molar-refractivity contribution is 9.10. The molecule has 84 valence electrons. The second-order valence-corrected chi connectivity index (χ2v) is 5.26. The number of rotatable bonds is 4. The van der Waals surface area contributed by atoms with E-state index in [1.165, 1.54) is 0 Å². The minimum Gasteiger partial charge on any atom is -0.362 e. The fourth-order valence-electron chi connectivity index (χ4n) is 0.895. The predicted octanol–water partition coefficient (Wildman–Crippen LogP) is 4.15. The van der Waals surface area contributed by atoms with Crippen LogP contribution in [0.15, 0.2) is 16.7 Å². The van der Waals surface area contributed by atoms with Crippen LogP contribution >= 0.6 is 50.7 Å². The van der Waals surface area contributed by atoms with E-state index in [1.807, 2.05) is 6.92 Å². The van der Waals surface area contributed by atoms with Crippen molar-refractivity contribution in [3.8, 4) is 0 Å². The van der Waals surface area contributed by atoms with Crippen molar-refractivity contribution >= 4 is 56.6 Å². The predicted molar refractivity (Wildman–Crippen MR) is 70.4 cm³/mol. The Morgan fingerprint density at radius 1 is 1.47 bits per heavy atom. The summed E-state index contributed by atoms with van der Waals surface area (Å²) in [5, 5.41) is 3.74. The van der Waals surface area contributed by atoms with Crippen molar-refractivity contribution in [2.45, 2.75) is 12.5 Å². The Balaban J connectivity index is 2.89. The summed E-state index contributed by atoms with van der Waals surface area (Å²) in [6.45, 7) is 1.93. The average molecular weight is 332 g/mol. The number of alkyl halides is 2. The number of nitrogens with one attached hydrogen (secondary N) is 1. The average Bonchev–Trinajstić information content (AvgIpc) is 2.22. The molecule has 0 aliphatic heterocycles. The first kappa shape index (κ1) is 13.4. The molecule has 15 heavy (non-hydrogen) atoms. The Morgan fingerprint density at radius 2 is 2.07 bits per heavy atom. The molecule has 0 fully saturated rings. The third-order valence-corrected chi connectivity index (χ3v) is 3.81. The highest BCUT2D eigenvalue weighted by atomic mass is 79.9. The van der Waals surface area contributed by atoms with Gasteiger partial charge in [0.25, 0.3) is 0 Å². The van der Waals surface area contributed by atoms with Crippen LogP contribution in [0, 0.1) is 0 Å². The lowest BCUT2D eigenvalue weighted by Gasteiger charge is -2.27. The summed E-state index contributed by atoms with van der Waals surface area (Å²) in [6.07, 6.45) is 1.57. The minimum atomic E-state index is -0.382. The topological polar surface area (TPSA) is 24.9 Å². The molecule has 0 aromatic carbocycles. The normalized spacial score (nSPS) is 11.5. The van der Waals surface area contributed by atoms with E-state index in [9.17, 15) is 0 Å². The number of anilines is 1. The van der Waals surface area contributed by atoms with Crippen LogP contribution in [0.25, 0.3) is 0 Å². The Bertz CT molecular complexity index is 342. The molecule has 1 heterocycles. The first-order valence-corrected chi connectivity index (χ1v) is 6.46. The molecule has 6 heteroatoms. The van der Waals surface area contributed by atoms with Crippen LogP contribution in [-0.4, -0.2) is 22.3 Å². The molecule has 0 atom stereocenters. The van der Waals surface area contributed by atoms with Crippen LogP contribution in [0.2, 0.25) is 5.02 Å². The van der Waals surface area contributed by atoms with Gasteiger partial charge in [0.15, 0.2) is 0 Å². The highest BCUT2D eigenvalue weighted by Crippen LogP contribution is 2.26. The van der Waals surface area contributed by atoms with Gasteiger partial charge in [0.2, 0.25) is 0 Å². The first-order valence-electron chi connectivity index (χ1n) is 4.22. The van der Waals surface area contributed by atoms with E-state index in [0.29, 0.717) is 22.6 Å². The van der Waals surface area contributed by atoms with Gasteiger partial charge >= 0.3 is 0 Å². The monoisotopic (exact) mass is 330 g/mol. The maximum absolute atomic E-state index is 5.83. The smallest absolute Gasteiger partial charge is 0.140 e. The van der Waals surface area contributed by atoms with Gasteiger partial charge in [-0.3, -0.25) is 0 Å². The number of pyridine rings is 1. The fraction of sp³-hybridized carbons (Fsp3) is 0.444. The van der Waals surface area contributed by atoms with Gasteiger partial charge in [0.05, 0.1) is 15.0 Å². The summed E-state index contributed by atoms with van der Waals surface area (Å²) in [5.41, 5.74) is -0.382. The summed E-state index contributed by atoms with van der Waals surface area (Å²) >= 11 is 20.8. The summed E-state index contributed by atoms with van der Waals surface area (Å²) < 4.78 is 0.788. The maximum Gasteiger partial charge on any atom is 0.140 e. The summed E-state index contributed by atoms with van der Waals surface area (Å²) in [6, 6.07) is 1.76. The molecule has 1 N–H and O–H groups in total. The SMILES string of the molecule is CC(CCl)(CCl)Nc1ncc(Cl)cc1Br. The highest BCUT2D eigenvalue weighted by Gasteiger charge is 2.23. The van der Waals surface area contributed by atoms with Crippen LogP contribution in [0.1, 0.15) is 6.92 Å². The van der Waals surface area contributed by atoms with Gasteiger partial charge in [-0.1, -0.05) is 11.6 Å². The van der Waals surface area contributed by atoms with Crippen LogP contribution in [-0.2, 0) is 0 Å². The van der Waals surface area contributed by atoms with E-state index < -0.39 is 0 Å². The molecule has 0 amide bonds. The van der Waals surface area contributed by atoms with E-state index in [1.54, 1.807) is 12.3 Å². The molecule has 0 bridgehead atoms. The molecule has 1 aromatic rings. The molecule has 0 radical (unpaired) electrons. The molecule has 0 saturated heterocycles. The van der Waals surface area contributed by atoms with Crippen molar-refractivity contribution in [2.75, 3.05) is 17.1 Å². The molecule has 0 aliphatic carbocycles. The van der Waals surface area contributed by atoms with E-state index in [0.717, 1.165) is 4.47 Å². The molecule has 1 aromatic heterocycles. The Morgan fingerprint density at radius 3 is 2.53 bits per heavy atom. The number of aromatic nitrogens is 1. The van der Waals surface area contributed by atoms with E-state index in [-0.39, 0.29) is 5.54 Å². The van der Waals surface area contributed by atoms with Gasteiger partial charge in [-0.2, -0.15) is 0 Å². The van der Waals surface area contributed by atoms with Crippen LogP contribution in [0.4, 0.5) is 5.82 Å². The van der Waals surface area contributed by atoms with E-state index in [2.05, 4.69) is 26.2 Å². The lowest BCUT2D eigenvalue weighted by atomic mass is 10.1. The zero-order valence-corrected chi connectivity index (χ0v) is 11.9. The quantitative estimate of drug-likeness (QED) is 0.838. The zero-order chi connectivity index (χ0) is 11.5. The van der Waals surface area contributed by atoms with Gasteiger partial charge in [0, 0.05) is 18.0 Å². The van der Waals surface area contributed by atoms with E-state index >= 15 is 0 Å². The largest absolute Gasteiger partial charge is 0.362 e. The zero-order valence-electron chi connectivity index (χ0n) is 8.03. The van der Waals surface area contributed by atoms with Gasteiger partial charge in [0.1, 0.15) is 5.82 Å². The van der Waals surface area contributed by atoms with Crippen molar-refractivity contribution in [3.05, 3.63) is 21.8 Å². The molecule has 0 saturated carbocycles. The standard InChI is InChI=1S/C9H10BrCl3N2/c1-9(4-11,5-12)15-8-7(10)2-6(13)3-14-8/h2-3H,4-5H2,1H3,(H,14,15). The lowest BCUT2D eigenvalue weighted by molar-refractivity contribution is 0.644. The van der Waals surface area contributed by atoms with Crippen molar-refractivity contribution in [3.63, 3.8) is 0 Å². The summed E-state index contributed by atoms with van der Waals surface area (Å²) in [7, 11) is 0. The lowest BCUT2D eigenvalue weighted by Crippen LogP contribution is -2.39. The first-order chi connectivity index (χ1) is 7.00. The number of halogens is 4. The second kappa shape index (κ2) is 5.58. The van der Waals surface area contributed by atoms with Gasteiger partial charge in [-0.05, 0) is 28.9 Å². The Kier molecular flexibility index (Phi) is 4.97. The number of hydrogen-bond acceptors (Lipinski definition) is 2. The molecule has 0 spiro atoms. The number of hydrogen-bond donors (Lipinski definition) is 1. The molecule has 0 unspecified atom stereocenters. The third-order valence-electron chi connectivity index (χ3n) is 1.82. The molecule has 2 nitrogen and oxygen atoms in total. The number of nitrogens with zero attached hydrogens (tertiary/aromatic N) is 1. The molecule has 0 aliphatic rings. The van der Waals surface area contributed by atoms with Crippen molar-refractivity contribution < 1.29 is 0 Å². The van der Waals surface area contributed by atoms with Crippen LogP contribution in [0.3, 0.4) is 0 Å². The minimum absolute atomic E-state index is 0.382. The van der Waals surface area contributed by atoms with Gasteiger partial charge < -0.3 is 5.32 Å². The van der Waals surface area contributed by atoms with Crippen LogP contribution < -0.4 is 5.32 Å². The van der Waals surface area contributed by atoms with Crippen molar-refractivity contribution in [1.29, 1.82) is 0 Å². The fourth-order valence-corrected chi connectivity index (χ4v) is 2.05. The molecular weight excluding hydrogens is 322 g/mol. The van der Waals surface area contributed by atoms with Crippen molar-refractivity contribution in [2.24, 2.45) is 0 Å². The summed E-state index contributed by atoms with van der Waals surface area (Å²) in [5.74, 6) is 1.48. The van der Waals surface area contributed by atoms with Gasteiger partial charge in [-0.25, -0.2) is 4.98 Å². The maximum atomic E-state index is 5.83. The Labute approximate surface area is 112 Å². The second-order valence-electron chi connectivity index (χ2n) is 3.44. The molecular formula is C9H10BrCl3N2. The third kappa shape index (κ3) is 3.66.